The molecule has 0 radical (unpaired) electrons. The Morgan fingerprint density at radius 2 is 2.11 bits per heavy atom. The molecule has 104 valence electrons. The lowest BCUT2D eigenvalue weighted by molar-refractivity contribution is -0.00704. The molecule has 0 aliphatic carbocycles. The van der Waals surface area contributed by atoms with Crippen molar-refractivity contribution in [3.8, 4) is 0 Å². The van der Waals surface area contributed by atoms with Gasteiger partial charge in [-0.05, 0) is 40.5 Å². The lowest BCUT2D eigenvalue weighted by Crippen LogP contribution is -2.63. The lowest BCUT2D eigenvalue weighted by Gasteiger charge is -2.42. The van der Waals surface area contributed by atoms with Crippen LogP contribution in [0.5, 0.6) is 0 Å². The van der Waals surface area contributed by atoms with Gasteiger partial charge in [-0.2, -0.15) is 0 Å². The molecule has 0 unspecified atom stereocenters. The molecule has 2 bridgehead atoms. The van der Waals surface area contributed by atoms with Crippen LogP contribution >= 0.6 is 0 Å². The second-order valence-corrected chi connectivity index (χ2v) is 6.36. The first-order chi connectivity index (χ1) is 8.29. The highest BCUT2D eigenvalue weighted by Gasteiger charge is 2.47. The van der Waals surface area contributed by atoms with Crippen molar-refractivity contribution in [3.05, 3.63) is 0 Å². The monoisotopic (exact) mass is 256 g/mol. The van der Waals surface area contributed by atoms with Crippen LogP contribution in [0, 0.1) is 0 Å². The number of hydrogen-bond donors (Lipinski definition) is 2. The Balaban J connectivity index is 2.10. The number of nitrogens with zero attached hydrogens (tertiary/aromatic N) is 1. The highest BCUT2D eigenvalue weighted by molar-refractivity contribution is 5.70. The Bertz CT molecular complexity index is 325. The smallest absolute Gasteiger partial charge is 0.410 e. The average molecular weight is 256 g/mol. The van der Waals surface area contributed by atoms with E-state index in [1.165, 1.54) is 0 Å². The number of aliphatic hydroxyl groups is 1. The van der Waals surface area contributed by atoms with E-state index in [0.29, 0.717) is 0 Å². The van der Waals surface area contributed by atoms with Crippen molar-refractivity contribution in [2.75, 3.05) is 6.54 Å². The van der Waals surface area contributed by atoms with Crippen LogP contribution in [0.3, 0.4) is 0 Å². The molecule has 5 nitrogen and oxygen atoms in total. The molecule has 2 aliphatic heterocycles. The fourth-order valence-corrected chi connectivity index (χ4v) is 2.96. The summed E-state index contributed by atoms with van der Waals surface area (Å²) in [7, 11) is 0. The molecule has 2 fully saturated rings. The van der Waals surface area contributed by atoms with Crippen LogP contribution in [-0.4, -0.2) is 52.5 Å². The van der Waals surface area contributed by atoms with Gasteiger partial charge in [0.15, 0.2) is 0 Å². The molecule has 0 saturated carbocycles. The minimum atomic E-state index is -0.471. The Hall–Kier alpha value is -0.810. The molecule has 4 atom stereocenters. The van der Waals surface area contributed by atoms with E-state index in [4.69, 9.17) is 4.74 Å². The van der Waals surface area contributed by atoms with Crippen molar-refractivity contribution in [2.24, 2.45) is 0 Å². The van der Waals surface area contributed by atoms with Crippen LogP contribution in [0.2, 0.25) is 0 Å². The van der Waals surface area contributed by atoms with E-state index in [1.54, 1.807) is 6.92 Å². The van der Waals surface area contributed by atoms with Gasteiger partial charge in [0, 0.05) is 12.6 Å². The summed E-state index contributed by atoms with van der Waals surface area (Å²) in [6, 6.07) is 0.217. The van der Waals surface area contributed by atoms with E-state index >= 15 is 0 Å². The molecular weight excluding hydrogens is 232 g/mol. The van der Waals surface area contributed by atoms with Crippen LogP contribution in [0.25, 0.3) is 0 Å². The van der Waals surface area contributed by atoms with Gasteiger partial charge in [-0.1, -0.05) is 0 Å². The van der Waals surface area contributed by atoms with Crippen molar-refractivity contribution >= 4 is 6.09 Å². The molecule has 2 aliphatic rings. The van der Waals surface area contributed by atoms with Gasteiger partial charge in [0.25, 0.3) is 0 Å². The van der Waals surface area contributed by atoms with E-state index in [0.717, 1.165) is 19.4 Å². The number of piperazine rings is 1. The predicted octanol–water partition coefficient (Wildman–Crippen LogP) is 1.11. The van der Waals surface area contributed by atoms with E-state index < -0.39 is 11.7 Å². The van der Waals surface area contributed by atoms with E-state index in [9.17, 15) is 9.90 Å². The Morgan fingerprint density at radius 3 is 2.67 bits per heavy atom. The summed E-state index contributed by atoms with van der Waals surface area (Å²) in [6.07, 6.45) is 1.22. The van der Waals surface area contributed by atoms with E-state index in [1.807, 2.05) is 25.7 Å². The van der Waals surface area contributed by atoms with Crippen LogP contribution in [0.15, 0.2) is 0 Å². The zero-order valence-corrected chi connectivity index (χ0v) is 11.6. The number of nitrogens with one attached hydrogen (secondary N) is 1. The number of carbonyl (C=O) groups is 1. The number of fused-ring (bicyclic) bond motifs is 2. The van der Waals surface area contributed by atoms with Crippen molar-refractivity contribution < 1.29 is 14.6 Å². The van der Waals surface area contributed by atoms with Crippen molar-refractivity contribution in [3.63, 3.8) is 0 Å². The largest absolute Gasteiger partial charge is 0.444 e. The maximum atomic E-state index is 12.2. The number of aliphatic hydroxyl groups excluding tert-OH is 1. The van der Waals surface area contributed by atoms with Gasteiger partial charge in [0.1, 0.15) is 5.60 Å². The third kappa shape index (κ3) is 2.62. The van der Waals surface area contributed by atoms with Crippen LogP contribution < -0.4 is 5.32 Å². The molecule has 0 aromatic heterocycles. The number of carbonyl (C=O) groups excluding carboxylic acids is 1. The summed E-state index contributed by atoms with van der Waals surface area (Å²) in [6.45, 7) is 8.14. The molecular formula is C13H24N2O3. The molecule has 0 spiro atoms. The van der Waals surface area contributed by atoms with Crippen molar-refractivity contribution in [1.29, 1.82) is 0 Å². The van der Waals surface area contributed by atoms with Crippen molar-refractivity contribution in [1.82, 2.24) is 10.2 Å². The van der Waals surface area contributed by atoms with Crippen LogP contribution in [0.4, 0.5) is 4.79 Å². The first-order valence-electron chi connectivity index (χ1n) is 6.72. The molecule has 5 heteroatoms. The van der Waals surface area contributed by atoms with Gasteiger partial charge in [-0.15, -0.1) is 0 Å². The third-order valence-electron chi connectivity index (χ3n) is 3.67. The Kier molecular flexibility index (Phi) is 3.56. The summed E-state index contributed by atoms with van der Waals surface area (Å²) in [5.74, 6) is 0. The molecule has 0 aromatic carbocycles. The van der Waals surface area contributed by atoms with Gasteiger partial charge in [-0.3, -0.25) is 4.90 Å². The molecule has 2 saturated heterocycles. The van der Waals surface area contributed by atoms with E-state index in [2.05, 4.69) is 5.32 Å². The molecule has 2 heterocycles. The first-order valence-corrected chi connectivity index (χ1v) is 6.72. The fraction of sp³-hybridized carbons (Fsp3) is 0.923. The number of ether oxygens (including phenoxy) is 1. The maximum absolute atomic E-state index is 12.2. The quantitative estimate of drug-likeness (QED) is 0.737. The molecule has 2 rings (SSSR count). The minimum absolute atomic E-state index is 0.0451. The van der Waals surface area contributed by atoms with Crippen LogP contribution in [-0.2, 0) is 4.74 Å². The number of rotatable bonds is 1. The molecule has 18 heavy (non-hydrogen) atoms. The molecule has 2 N–H and O–H groups in total. The zero-order chi connectivity index (χ0) is 13.5. The lowest BCUT2D eigenvalue weighted by atomic mass is 10.0. The predicted molar refractivity (Wildman–Crippen MR) is 68.4 cm³/mol. The highest BCUT2D eigenvalue weighted by atomic mass is 16.6. The Labute approximate surface area is 108 Å². The standard InChI is InChI=1S/C13H24N2O3/c1-8(16)11-10-6-5-9(7-14-11)15(10)12(17)18-13(2,3)4/h8-11,14,16H,5-7H2,1-4H3/t8-,9+,10+,11-/m1/s1. The van der Waals surface area contributed by atoms with Crippen molar-refractivity contribution in [2.45, 2.75) is 70.4 Å². The van der Waals surface area contributed by atoms with Gasteiger partial charge in [0.2, 0.25) is 0 Å². The Morgan fingerprint density at radius 1 is 1.44 bits per heavy atom. The highest BCUT2D eigenvalue weighted by Crippen LogP contribution is 2.32. The summed E-state index contributed by atoms with van der Waals surface area (Å²) in [5.41, 5.74) is -0.471. The first kappa shape index (κ1) is 13.6. The second-order valence-electron chi connectivity index (χ2n) is 6.36. The van der Waals surface area contributed by atoms with Gasteiger partial charge in [0.05, 0.1) is 18.2 Å². The van der Waals surface area contributed by atoms with E-state index in [-0.39, 0.29) is 24.2 Å². The maximum Gasteiger partial charge on any atom is 0.410 e. The summed E-state index contributed by atoms with van der Waals surface area (Å²) in [5, 5.41) is 13.1. The molecule has 0 aromatic rings. The average Bonchev–Trinajstić information content (AvgIpc) is 2.49. The van der Waals surface area contributed by atoms with Gasteiger partial charge in [-0.25, -0.2) is 4.79 Å². The van der Waals surface area contributed by atoms with Gasteiger partial charge >= 0.3 is 6.09 Å². The van der Waals surface area contributed by atoms with Gasteiger partial charge < -0.3 is 15.2 Å². The topological polar surface area (TPSA) is 61.8 Å². The SMILES string of the molecule is C[C@@H](O)[C@H]1NC[C@@H]2CC[C@@H]1N2C(=O)OC(C)(C)C. The molecule has 1 amide bonds. The zero-order valence-electron chi connectivity index (χ0n) is 11.6. The third-order valence-corrected chi connectivity index (χ3v) is 3.67. The number of amides is 1. The fourth-order valence-electron chi connectivity index (χ4n) is 2.96. The summed E-state index contributed by atoms with van der Waals surface area (Å²) >= 11 is 0. The minimum Gasteiger partial charge on any atom is -0.444 e. The summed E-state index contributed by atoms with van der Waals surface area (Å²) < 4.78 is 5.46. The summed E-state index contributed by atoms with van der Waals surface area (Å²) in [4.78, 5) is 14.1. The second kappa shape index (κ2) is 4.70. The number of hydrogen-bond acceptors (Lipinski definition) is 4. The van der Waals surface area contributed by atoms with Crippen LogP contribution in [0.1, 0.15) is 40.5 Å². The normalized spacial score (nSPS) is 33.4.